The van der Waals surface area contributed by atoms with Crippen LogP contribution in [0.15, 0.2) is 18.3 Å². The summed E-state index contributed by atoms with van der Waals surface area (Å²) in [7, 11) is 2.22. The van der Waals surface area contributed by atoms with E-state index in [0.29, 0.717) is 5.92 Å². The van der Waals surface area contributed by atoms with E-state index in [2.05, 4.69) is 18.1 Å². The highest BCUT2D eigenvalue weighted by Crippen LogP contribution is 2.33. The topological polar surface area (TPSA) is 42.0 Å². The smallest absolute Gasteiger partial charge is 0.251 e. The molecule has 1 amide bonds. The monoisotopic (exact) mass is 312 g/mol. The van der Waals surface area contributed by atoms with Gasteiger partial charge in [0.1, 0.15) is 7.85 Å². The quantitative estimate of drug-likeness (QED) is 0.867. The predicted octanol–water partition coefficient (Wildman–Crippen LogP) is 3.54. The van der Waals surface area contributed by atoms with Crippen molar-refractivity contribution in [1.82, 2.24) is 10.3 Å². The molecule has 124 valence electrons. The number of nitrogens with zero attached hydrogens (tertiary/aromatic N) is 1. The van der Waals surface area contributed by atoms with Gasteiger partial charge in [0.2, 0.25) is 0 Å². The second-order valence-corrected chi connectivity index (χ2v) is 7.73. The fourth-order valence-corrected chi connectivity index (χ4v) is 4.19. The Hall–Kier alpha value is -1.32. The summed E-state index contributed by atoms with van der Waals surface area (Å²) in [6, 6.07) is 3.89. The van der Waals surface area contributed by atoms with Gasteiger partial charge in [-0.25, -0.2) is 0 Å². The normalized spacial score (nSPS) is 22.3. The summed E-state index contributed by atoms with van der Waals surface area (Å²) in [5.74, 6) is 0.634. The first-order valence-corrected chi connectivity index (χ1v) is 9.45. The molecule has 4 heteroatoms. The number of pyridine rings is 1. The molecule has 0 aliphatic heterocycles. The second kappa shape index (κ2) is 7.50. The number of rotatable bonds is 3. The Labute approximate surface area is 141 Å². The van der Waals surface area contributed by atoms with Crippen LogP contribution in [0.3, 0.4) is 0 Å². The van der Waals surface area contributed by atoms with Crippen LogP contribution >= 0.6 is 0 Å². The van der Waals surface area contributed by atoms with E-state index >= 15 is 0 Å². The lowest BCUT2D eigenvalue weighted by atomic mass is 9.69. The summed E-state index contributed by atoms with van der Waals surface area (Å²) >= 11 is 0. The molecular weight excluding hydrogens is 283 g/mol. The van der Waals surface area contributed by atoms with Crippen LogP contribution in [0.4, 0.5) is 0 Å². The lowest BCUT2D eigenvalue weighted by molar-refractivity contribution is 0.0917. The SMILES string of the molecule is BC1(NC(=O)c2ccnc(C3CCCC3)c2)CCCCCCC1. The summed E-state index contributed by atoms with van der Waals surface area (Å²) in [4.78, 5) is 17.3. The Bertz CT molecular complexity index is 532. The molecule has 2 aliphatic carbocycles. The first kappa shape index (κ1) is 16.5. The number of amides is 1. The van der Waals surface area contributed by atoms with Gasteiger partial charge in [0.25, 0.3) is 5.91 Å². The van der Waals surface area contributed by atoms with Crippen molar-refractivity contribution < 1.29 is 4.79 Å². The third kappa shape index (κ3) is 4.36. The van der Waals surface area contributed by atoms with Gasteiger partial charge in [0.15, 0.2) is 0 Å². The number of carbonyl (C=O) groups is 1. The Morgan fingerprint density at radius 3 is 2.43 bits per heavy atom. The van der Waals surface area contributed by atoms with Gasteiger partial charge in [-0.15, -0.1) is 0 Å². The van der Waals surface area contributed by atoms with Crippen molar-refractivity contribution in [2.45, 2.75) is 82.0 Å². The number of hydrogen-bond donors (Lipinski definition) is 1. The van der Waals surface area contributed by atoms with E-state index in [0.717, 1.165) is 24.1 Å². The van der Waals surface area contributed by atoms with Gasteiger partial charge in [-0.1, -0.05) is 44.9 Å². The van der Waals surface area contributed by atoms with Crippen molar-refractivity contribution >= 4 is 13.8 Å². The molecule has 3 rings (SSSR count). The highest BCUT2D eigenvalue weighted by atomic mass is 16.1. The maximum atomic E-state index is 12.7. The summed E-state index contributed by atoms with van der Waals surface area (Å²) in [6.45, 7) is 0. The maximum Gasteiger partial charge on any atom is 0.251 e. The standard InChI is InChI=1S/C19H29BN2O/c20-19(11-6-2-1-3-7-12-19)22-18(23)16-10-13-21-17(14-16)15-8-4-5-9-15/h10,13-15H,1-9,11-12,20H2,(H,22,23). The summed E-state index contributed by atoms with van der Waals surface area (Å²) in [5.41, 5.74) is 1.84. The fourth-order valence-electron chi connectivity index (χ4n) is 4.19. The zero-order valence-electron chi connectivity index (χ0n) is 14.4. The van der Waals surface area contributed by atoms with Crippen LogP contribution in [-0.2, 0) is 0 Å². The van der Waals surface area contributed by atoms with E-state index in [1.165, 1.54) is 57.8 Å². The van der Waals surface area contributed by atoms with Crippen LogP contribution < -0.4 is 5.32 Å². The molecule has 2 saturated carbocycles. The van der Waals surface area contributed by atoms with Crippen LogP contribution in [0, 0.1) is 0 Å². The molecule has 0 saturated heterocycles. The molecule has 1 aromatic rings. The lowest BCUT2D eigenvalue weighted by Gasteiger charge is -2.33. The first-order valence-electron chi connectivity index (χ1n) is 9.45. The Morgan fingerprint density at radius 1 is 1.09 bits per heavy atom. The second-order valence-electron chi connectivity index (χ2n) is 7.73. The Kier molecular flexibility index (Phi) is 5.40. The minimum atomic E-state index is -0.0473. The molecule has 1 aromatic heterocycles. The molecule has 0 aromatic carbocycles. The van der Waals surface area contributed by atoms with E-state index in [4.69, 9.17) is 0 Å². The van der Waals surface area contributed by atoms with E-state index < -0.39 is 0 Å². The Morgan fingerprint density at radius 2 is 1.74 bits per heavy atom. The maximum absolute atomic E-state index is 12.7. The third-order valence-electron chi connectivity index (χ3n) is 5.69. The molecule has 0 unspecified atom stereocenters. The Balaban J connectivity index is 1.68. The molecule has 2 aliphatic rings. The molecule has 2 fully saturated rings. The number of carbonyl (C=O) groups excluding carboxylic acids is 1. The van der Waals surface area contributed by atoms with Gasteiger partial charge in [-0.3, -0.25) is 9.78 Å². The van der Waals surface area contributed by atoms with Crippen molar-refractivity contribution in [2.24, 2.45) is 0 Å². The van der Waals surface area contributed by atoms with Gasteiger partial charge in [0.05, 0.1) is 0 Å². The van der Waals surface area contributed by atoms with Gasteiger partial charge >= 0.3 is 0 Å². The van der Waals surface area contributed by atoms with Crippen LogP contribution in [-0.4, -0.2) is 24.2 Å². The molecule has 0 radical (unpaired) electrons. The van der Waals surface area contributed by atoms with Gasteiger partial charge in [-0.05, 0) is 37.8 Å². The van der Waals surface area contributed by atoms with E-state index in [1.807, 2.05) is 18.3 Å². The summed E-state index contributed by atoms with van der Waals surface area (Å²) < 4.78 is 0. The third-order valence-corrected chi connectivity index (χ3v) is 5.69. The molecule has 0 atom stereocenters. The molecule has 23 heavy (non-hydrogen) atoms. The molecule has 1 N–H and O–H groups in total. The minimum absolute atomic E-state index is 0.0473. The molecule has 3 nitrogen and oxygen atoms in total. The van der Waals surface area contributed by atoms with E-state index in [-0.39, 0.29) is 11.3 Å². The highest BCUT2D eigenvalue weighted by molar-refractivity contribution is 6.17. The fraction of sp³-hybridized carbons (Fsp3) is 0.684. The van der Waals surface area contributed by atoms with Gasteiger partial charge < -0.3 is 5.32 Å². The van der Waals surface area contributed by atoms with Crippen LogP contribution in [0.25, 0.3) is 0 Å². The summed E-state index contributed by atoms with van der Waals surface area (Å²) in [6.07, 6.45) is 15.4. The lowest BCUT2D eigenvalue weighted by Crippen LogP contribution is -2.49. The largest absolute Gasteiger partial charge is 0.354 e. The first-order chi connectivity index (χ1) is 11.2. The zero-order chi connectivity index (χ0) is 16.1. The van der Waals surface area contributed by atoms with Crippen molar-refractivity contribution in [1.29, 1.82) is 0 Å². The van der Waals surface area contributed by atoms with Crippen LogP contribution in [0.5, 0.6) is 0 Å². The van der Waals surface area contributed by atoms with E-state index in [1.54, 1.807) is 0 Å². The van der Waals surface area contributed by atoms with E-state index in [9.17, 15) is 4.79 Å². The molecule has 0 spiro atoms. The number of nitrogens with one attached hydrogen (secondary N) is 1. The number of hydrogen-bond acceptors (Lipinski definition) is 2. The zero-order valence-corrected chi connectivity index (χ0v) is 14.4. The average Bonchev–Trinajstić information content (AvgIpc) is 3.06. The predicted molar refractivity (Wildman–Crippen MR) is 96.5 cm³/mol. The minimum Gasteiger partial charge on any atom is -0.354 e. The van der Waals surface area contributed by atoms with Crippen molar-refractivity contribution in [3.63, 3.8) is 0 Å². The van der Waals surface area contributed by atoms with Crippen molar-refractivity contribution in [3.8, 4) is 0 Å². The summed E-state index contributed by atoms with van der Waals surface area (Å²) in [5, 5.41) is 3.33. The molecular formula is C19H29BN2O. The molecule has 0 bridgehead atoms. The van der Waals surface area contributed by atoms with Crippen molar-refractivity contribution in [2.75, 3.05) is 0 Å². The number of aromatic nitrogens is 1. The van der Waals surface area contributed by atoms with Crippen LogP contribution in [0.1, 0.15) is 92.6 Å². The highest BCUT2D eigenvalue weighted by Gasteiger charge is 2.27. The van der Waals surface area contributed by atoms with Gasteiger partial charge in [-0.2, -0.15) is 0 Å². The van der Waals surface area contributed by atoms with Crippen molar-refractivity contribution in [3.05, 3.63) is 29.6 Å². The van der Waals surface area contributed by atoms with Gasteiger partial charge in [0, 0.05) is 28.8 Å². The average molecular weight is 312 g/mol. The van der Waals surface area contributed by atoms with Crippen LogP contribution in [0.2, 0.25) is 0 Å². The molecule has 1 heterocycles.